The average molecular weight is 579 g/mol. The Morgan fingerprint density at radius 1 is 0.886 bits per heavy atom. The maximum Gasteiger partial charge on any atom is 0.165 e. The number of nitrogens with one attached hydrogen (secondary N) is 1. The van der Waals surface area contributed by atoms with Gasteiger partial charge in [0, 0.05) is 43.1 Å². The molecule has 0 spiro atoms. The van der Waals surface area contributed by atoms with Crippen LogP contribution in [0.3, 0.4) is 0 Å². The second-order valence-corrected chi connectivity index (χ2v) is 10.9. The number of nitrogens with two attached hydrogens (primary N) is 1. The van der Waals surface area contributed by atoms with Crippen LogP contribution in [0.5, 0.6) is 0 Å². The van der Waals surface area contributed by atoms with Crippen LogP contribution in [0.15, 0.2) is 97.5 Å². The van der Waals surface area contributed by atoms with Crippen LogP contribution >= 0.6 is 0 Å². The average Bonchev–Trinajstić information content (AvgIpc) is 3.45. The topological polar surface area (TPSA) is 134 Å². The molecule has 4 aromatic heterocycles. The molecule has 0 atom stereocenters. The highest BCUT2D eigenvalue weighted by atomic mass is 15.2. The van der Waals surface area contributed by atoms with E-state index in [-0.39, 0.29) is 0 Å². The lowest BCUT2D eigenvalue weighted by molar-refractivity contribution is 0.211. The molecule has 3 N–H and O–H groups in total. The Bertz CT molecular complexity index is 1950. The third-order valence-electron chi connectivity index (χ3n) is 7.94. The second-order valence-electron chi connectivity index (χ2n) is 10.9. The molecule has 10 heteroatoms. The molecular formula is C34H30N10. The largest absolute Gasteiger partial charge is 0.383 e. The van der Waals surface area contributed by atoms with Gasteiger partial charge in [0.2, 0.25) is 0 Å². The Kier molecular flexibility index (Phi) is 7.36. The molecule has 1 saturated heterocycles. The van der Waals surface area contributed by atoms with E-state index in [0.29, 0.717) is 29.2 Å². The van der Waals surface area contributed by atoms with Gasteiger partial charge in [-0.15, -0.1) is 0 Å². The van der Waals surface area contributed by atoms with Crippen molar-refractivity contribution < 1.29 is 0 Å². The van der Waals surface area contributed by atoms with Crippen molar-refractivity contribution in [2.24, 2.45) is 0 Å². The minimum absolute atomic E-state index is 0.304. The van der Waals surface area contributed by atoms with Crippen LogP contribution < -0.4 is 11.1 Å². The summed E-state index contributed by atoms with van der Waals surface area (Å²) in [6.45, 7) is 2.79. The summed E-state index contributed by atoms with van der Waals surface area (Å²) in [5.41, 5.74) is 13.1. The predicted molar refractivity (Wildman–Crippen MR) is 171 cm³/mol. The molecule has 5 heterocycles. The molecule has 1 fully saturated rings. The Morgan fingerprint density at radius 2 is 1.70 bits per heavy atom. The summed E-state index contributed by atoms with van der Waals surface area (Å²) in [5.74, 6) is 1.78. The molecule has 44 heavy (non-hydrogen) atoms. The van der Waals surface area contributed by atoms with Gasteiger partial charge in [0.15, 0.2) is 17.2 Å². The number of hydrogen-bond donors (Lipinski definition) is 2. The zero-order chi connectivity index (χ0) is 29.9. The Labute approximate surface area is 254 Å². The monoisotopic (exact) mass is 578 g/mol. The summed E-state index contributed by atoms with van der Waals surface area (Å²) in [7, 11) is 0. The lowest BCUT2D eigenvalue weighted by Crippen LogP contribution is -2.38. The highest BCUT2D eigenvalue weighted by molar-refractivity contribution is 5.84. The van der Waals surface area contributed by atoms with Gasteiger partial charge in [-0.05, 0) is 54.8 Å². The molecule has 0 unspecified atom stereocenters. The molecule has 7 rings (SSSR count). The van der Waals surface area contributed by atoms with E-state index < -0.39 is 0 Å². The molecule has 1 aliphatic heterocycles. The van der Waals surface area contributed by atoms with Crippen molar-refractivity contribution in [2.45, 2.75) is 25.4 Å². The molecule has 0 aliphatic carbocycles. The molecule has 10 nitrogen and oxygen atoms in total. The quantitative estimate of drug-likeness (QED) is 0.253. The standard InChI is InChI=1S/C34H30N10/c35-19-26-20-37-21-31(40-26)39-25-14-17-43(18-15-25)22-23-8-10-27(11-9-23)44-33(28-7-4-16-38-32(28)36)42-30-13-12-29(41-34(30)44)24-5-2-1-3-6-24/h1-13,16,20-21,25H,14-15,17-18,22H2,(H2,36,38)(H,39,40). The molecule has 2 aromatic carbocycles. The molecule has 0 amide bonds. The van der Waals surface area contributed by atoms with Gasteiger partial charge in [0.05, 0.1) is 23.7 Å². The van der Waals surface area contributed by atoms with Gasteiger partial charge in [-0.2, -0.15) is 5.26 Å². The first-order valence-electron chi connectivity index (χ1n) is 14.6. The second kappa shape index (κ2) is 11.9. The Balaban J connectivity index is 1.13. The fourth-order valence-corrected chi connectivity index (χ4v) is 5.70. The number of piperidine rings is 1. The van der Waals surface area contributed by atoms with Crippen molar-refractivity contribution in [1.29, 1.82) is 5.26 Å². The molecule has 0 radical (unpaired) electrons. The number of fused-ring (bicyclic) bond motifs is 1. The summed E-state index contributed by atoms with van der Waals surface area (Å²) >= 11 is 0. The van der Waals surface area contributed by atoms with E-state index in [1.54, 1.807) is 12.4 Å². The van der Waals surface area contributed by atoms with Crippen LogP contribution in [0.25, 0.3) is 39.5 Å². The van der Waals surface area contributed by atoms with Gasteiger partial charge in [-0.3, -0.25) is 14.5 Å². The van der Waals surface area contributed by atoms with Crippen molar-refractivity contribution in [3.8, 4) is 34.4 Å². The van der Waals surface area contributed by atoms with Crippen LogP contribution in [0.2, 0.25) is 0 Å². The Hall–Kier alpha value is -5.66. The van der Waals surface area contributed by atoms with E-state index in [2.05, 4.69) is 66.1 Å². The van der Waals surface area contributed by atoms with E-state index in [9.17, 15) is 0 Å². The number of pyridine rings is 2. The Morgan fingerprint density at radius 3 is 2.48 bits per heavy atom. The van der Waals surface area contributed by atoms with Crippen LogP contribution in [-0.2, 0) is 6.54 Å². The maximum absolute atomic E-state index is 9.09. The first-order valence-corrected chi connectivity index (χ1v) is 14.6. The van der Waals surface area contributed by atoms with E-state index in [4.69, 9.17) is 21.0 Å². The fourth-order valence-electron chi connectivity index (χ4n) is 5.70. The van der Waals surface area contributed by atoms with Gasteiger partial charge >= 0.3 is 0 Å². The van der Waals surface area contributed by atoms with E-state index in [1.165, 1.54) is 11.8 Å². The van der Waals surface area contributed by atoms with Gasteiger partial charge in [0.1, 0.15) is 23.2 Å². The predicted octanol–water partition coefficient (Wildman–Crippen LogP) is 5.47. The van der Waals surface area contributed by atoms with E-state index in [0.717, 1.165) is 66.1 Å². The number of benzene rings is 2. The molecule has 0 saturated carbocycles. The van der Waals surface area contributed by atoms with Gasteiger partial charge in [-0.25, -0.2) is 19.9 Å². The summed E-state index contributed by atoms with van der Waals surface area (Å²) < 4.78 is 2.07. The number of nitrogen functional groups attached to an aromatic ring is 1. The van der Waals surface area contributed by atoms with Gasteiger partial charge < -0.3 is 11.1 Å². The van der Waals surface area contributed by atoms with Crippen molar-refractivity contribution in [1.82, 2.24) is 34.4 Å². The number of hydrogen-bond acceptors (Lipinski definition) is 9. The van der Waals surface area contributed by atoms with Crippen LogP contribution in [0.4, 0.5) is 11.6 Å². The van der Waals surface area contributed by atoms with Crippen molar-refractivity contribution in [3.63, 3.8) is 0 Å². The first kappa shape index (κ1) is 27.2. The number of imidazole rings is 1. The summed E-state index contributed by atoms with van der Waals surface area (Å²) in [6, 6.07) is 28.9. The number of likely N-dealkylation sites (tertiary alicyclic amines) is 1. The summed E-state index contributed by atoms with van der Waals surface area (Å²) in [6.07, 6.45) is 6.81. The van der Waals surface area contributed by atoms with E-state index in [1.807, 2.05) is 48.5 Å². The van der Waals surface area contributed by atoms with Crippen LogP contribution in [0, 0.1) is 11.3 Å². The third-order valence-corrected chi connectivity index (χ3v) is 7.94. The molecule has 6 aromatic rings. The van der Waals surface area contributed by atoms with Crippen LogP contribution in [-0.4, -0.2) is 53.5 Å². The first-order chi connectivity index (χ1) is 21.6. The van der Waals surface area contributed by atoms with Gasteiger partial charge in [0.25, 0.3) is 0 Å². The summed E-state index contributed by atoms with van der Waals surface area (Å²) in [5, 5.41) is 12.5. The minimum Gasteiger partial charge on any atom is -0.383 e. The number of nitriles is 1. The lowest BCUT2D eigenvalue weighted by atomic mass is 10.0. The number of nitrogens with zero attached hydrogens (tertiary/aromatic N) is 8. The van der Waals surface area contributed by atoms with Crippen molar-refractivity contribution in [3.05, 3.63) is 109 Å². The number of rotatable bonds is 7. The molecule has 1 aliphatic rings. The van der Waals surface area contributed by atoms with Gasteiger partial charge in [-0.1, -0.05) is 42.5 Å². The minimum atomic E-state index is 0.304. The normalized spacial score (nSPS) is 14.0. The highest BCUT2D eigenvalue weighted by Gasteiger charge is 2.21. The maximum atomic E-state index is 9.09. The zero-order valence-corrected chi connectivity index (χ0v) is 24.0. The molecule has 216 valence electrons. The van der Waals surface area contributed by atoms with E-state index >= 15 is 0 Å². The van der Waals surface area contributed by atoms with Crippen molar-refractivity contribution >= 4 is 22.8 Å². The smallest absolute Gasteiger partial charge is 0.165 e. The highest BCUT2D eigenvalue weighted by Crippen LogP contribution is 2.32. The molecule has 0 bridgehead atoms. The lowest BCUT2D eigenvalue weighted by Gasteiger charge is -2.32. The zero-order valence-electron chi connectivity index (χ0n) is 24.0. The van der Waals surface area contributed by atoms with Crippen LogP contribution in [0.1, 0.15) is 24.1 Å². The SMILES string of the molecule is N#Cc1cncc(NC2CCN(Cc3ccc(-n4c(-c5cccnc5N)nc5ccc(-c6ccccc6)nc54)cc3)CC2)n1. The third kappa shape index (κ3) is 5.56. The van der Waals surface area contributed by atoms with Crippen molar-refractivity contribution in [2.75, 3.05) is 24.1 Å². The fraction of sp³-hybridized carbons (Fsp3) is 0.176. The summed E-state index contributed by atoms with van der Waals surface area (Å²) in [4.78, 5) is 25.2. The number of anilines is 2. The molecular weight excluding hydrogens is 548 g/mol. The number of aromatic nitrogens is 6.